The Bertz CT molecular complexity index is 1150. The third-order valence-corrected chi connectivity index (χ3v) is 6.30. The average Bonchev–Trinajstić information content (AvgIpc) is 2.83. The lowest BCUT2D eigenvalue weighted by Crippen LogP contribution is -2.51. The first kappa shape index (κ1) is 25.3. The molecule has 0 aliphatic carbocycles. The quantitative estimate of drug-likeness (QED) is 0.469. The standard InChI is InChI=1S/C28H31ClN2O3/c1-19-14-20(2)21(3)26(15-19)34-18-27(32)31(17-23-12-8-9-13-24(23)29)25(28(33)30-4)16-22-10-6-5-7-11-22/h5-15,25H,16-18H2,1-4H3,(H,30,33)/t25-/m1/s1. The van der Waals surface area contributed by atoms with Crippen LogP contribution in [0.2, 0.25) is 5.02 Å². The highest BCUT2D eigenvalue weighted by Crippen LogP contribution is 2.24. The van der Waals surface area contributed by atoms with Crippen LogP contribution in [0.4, 0.5) is 0 Å². The van der Waals surface area contributed by atoms with Gasteiger partial charge in [-0.3, -0.25) is 9.59 Å². The first-order valence-corrected chi connectivity index (χ1v) is 11.7. The van der Waals surface area contributed by atoms with E-state index in [-0.39, 0.29) is 25.0 Å². The maximum absolute atomic E-state index is 13.5. The van der Waals surface area contributed by atoms with Crippen molar-refractivity contribution in [3.8, 4) is 5.75 Å². The fourth-order valence-electron chi connectivity index (χ4n) is 3.90. The number of nitrogens with one attached hydrogen (secondary N) is 1. The average molecular weight is 479 g/mol. The third-order valence-electron chi connectivity index (χ3n) is 5.93. The molecule has 34 heavy (non-hydrogen) atoms. The molecule has 3 aromatic carbocycles. The zero-order valence-corrected chi connectivity index (χ0v) is 20.9. The molecule has 0 unspecified atom stereocenters. The summed E-state index contributed by atoms with van der Waals surface area (Å²) in [6.07, 6.45) is 0.374. The minimum Gasteiger partial charge on any atom is -0.483 e. The number of nitrogens with zero attached hydrogens (tertiary/aromatic N) is 1. The van der Waals surface area contributed by atoms with Crippen molar-refractivity contribution in [2.75, 3.05) is 13.7 Å². The van der Waals surface area contributed by atoms with E-state index >= 15 is 0 Å². The van der Waals surface area contributed by atoms with Crippen LogP contribution in [0, 0.1) is 20.8 Å². The van der Waals surface area contributed by atoms with Crippen LogP contribution >= 0.6 is 11.6 Å². The summed E-state index contributed by atoms with van der Waals surface area (Å²) >= 11 is 6.41. The number of hydrogen-bond donors (Lipinski definition) is 1. The van der Waals surface area contributed by atoms with E-state index in [1.165, 1.54) is 0 Å². The van der Waals surface area contributed by atoms with Gasteiger partial charge in [-0.1, -0.05) is 66.2 Å². The summed E-state index contributed by atoms with van der Waals surface area (Å²) in [4.78, 5) is 28.1. The molecule has 3 rings (SSSR count). The molecule has 178 valence electrons. The van der Waals surface area contributed by atoms with E-state index in [0.717, 1.165) is 27.8 Å². The molecular formula is C28H31ClN2O3. The molecule has 0 aromatic heterocycles. The summed E-state index contributed by atoms with van der Waals surface area (Å²) in [6.45, 7) is 5.99. The highest BCUT2D eigenvalue weighted by molar-refractivity contribution is 6.31. The second kappa shape index (κ2) is 11.7. The zero-order valence-electron chi connectivity index (χ0n) is 20.1. The molecule has 0 heterocycles. The molecular weight excluding hydrogens is 448 g/mol. The second-order valence-electron chi connectivity index (χ2n) is 8.43. The van der Waals surface area contributed by atoms with Crippen LogP contribution in [0.1, 0.15) is 27.8 Å². The molecule has 0 radical (unpaired) electrons. The molecule has 1 atom stereocenters. The van der Waals surface area contributed by atoms with Gasteiger partial charge in [-0.15, -0.1) is 0 Å². The molecule has 0 aliphatic heterocycles. The van der Waals surface area contributed by atoms with Gasteiger partial charge in [0.25, 0.3) is 5.91 Å². The highest BCUT2D eigenvalue weighted by atomic mass is 35.5. The monoisotopic (exact) mass is 478 g/mol. The molecule has 0 saturated heterocycles. The Kier molecular flexibility index (Phi) is 8.72. The van der Waals surface area contributed by atoms with Crippen molar-refractivity contribution in [2.45, 2.75) is 39.8 Å². The number of carbonyl (C=O) groups excluding carboxylic acids is 2. The van der Waals surface area contributed by atoms with Crippen LogP contribution in [0.3, 0.4) is 0 Å². The van der Waals surface area contributed by atoms with Crippen LogP contribution in [0.15, 0.2) is 66.7 Å². The van der Waals surface area contributed by atoms with Crippen LogP contribution in [-0.2, 0) is 22.6 Å². The van der Waals surface area contributed by atoms with Crippen LogP contribution in [0.5, 0.6) is 5.75 Å². The van der Waals surface area contributed by atoms with Crippen molar-refractivity contribution in [3.05, 3.63) is 99.6 Å². The van der Waals surface area contributed by atoms with Gasteiger partial charge in [0.05, 0.1) is 0 Å². The molecule has 0 bridgehead atoms. The van der Waals surface area contributed by atoms with E-state index in [1.54, 1.807) is 18.0 Å². The van der Waals surface area contributed by atoms with E-state index in [0.29, 0.717) is 17.2 Å². The van der Waals surface area contributed by atoms with Crippen molar-refractivity contribution >= 4 is 23.4 Å². The van der Waals surface area contributed by atoms with Crippen LogP contribution < -0.4 is 10.1 Å². The van der Waals surface area contributed by atoms with Gasteiger partial charge in [-0.2, -0.15) is 0 Å². The molecule has 0 saturated carbocycles. The largest absolute Gasteiger partial charge is 0.483 e. The highest BCUT2D eigenvalue weighted by Gasteiger charge is 2.30. The summed E-state index contributed by atoms with van der Waals surface area (Å²) in [7, 11) is 1.58. The van der Waals surface area contributed by atoms with Crippen molar-refractivity contribution in [3.63, 3.8) is 0 Å². The molecule has 5 nitrogen and oxygen atoms in total. The fraction of sp³-hybridized carbons (Fsp3) is 0.286. The fourth-order valence-corrected chi connectivity index (χ4v) is 4.10. The van der Waals surface area contributed by atoms with Gasteiger partial charge in [0.15, 0.2) is 6.61 Å². The molecule has 1 N–H and O–H groups in total. The van der Waals surface area contributed by atoms with Crippen molar-refractivity contribution in [2.24, 2.45) is 0 Å². The number of benzene rings is 3. The predicted octanol–water partition coefficient (Wildman–Crippen LogP) is 5.03. The maximum atomic E-state index is 13.5. The Balaban J connectivity index is 1.92. The molecule has 2 amide bonds. The second-order valence-corrected chi connectivity index (χ2v) is 8.83. The van der Waals surface area contributed by atoms with E-state index in [4.69, 9.17) is 16.3 Å². The third kappa shape index (κ3) is 6.39. The van der Waals surface area contributed by atoms with E-state index in [9.17, 15) is 9.59 Å². The van der Waals surface area contributed by atoms with E-state index in [2.05, 4.69) is 11.4 Å². The minimum atomic E-state index is -0.722. The van der Waals surface area contributed by atoms with Gasteiger partial charge in [0.2, 0.25) is 5.91 Å². The Morgan fingerprint density at radius 1 is 1.00 bits per heavy atom. The number of amides is 2. The summed E-state index contributed by atoms with van der Waals surface area (Å²) in [5, 5.41) is 3.26. The number of rotatable bonds is 9. The number of aryl methyl sites for hydroxylation is 2. The van der Waals surface area contributed by atoms with Gasteiger partial charge >= 0.3 is 0 Å². The number of hydrogen-bond acceptors (Lipinski definition) is 3. The zero-order chi connectivity index (χ0) is 24.7. The van der Waals surface area contributed by atoms with Crippen LogP contribution in [0.25, 0.3) is 0 Å². The van der Waals surface area contributed by atoms with E-state index in [1.807, 2.05) is 75.4 Å². The Morgan fingerprint density at radius 3 is 2.35 bits per heavy atom. The first-order chi connectivity index (χ1) is 16.3. The first-order valence-electron chi connectivity index (χ1n) is 11.3. The van der Waals surface area contributed by atoms with Crippen LogP contribution in [-0.4, -0.2) is 36.4 Å². The van der Waals surface area contributed by atoms with Gasteiger partial charge in [-0.25, -0.2) is 0 Å². The lowest BCUT2D eigenvalue weighted by Gasteiger charge is -2.31. The normalized spacial score (nSPS) is 11.6. The molecule has 3 aromatic rings. The molecule has 6 heteroatoms. The predicted molar refractivity (Wildman–Crippen MR) is 136 cm³/mol. The Morgan fingerprint density at radius 2 is 1.68 bits per heavy atom. The van der Waals surface area contributed by atoms with Crippen molar-refractivity contribution in [1.82, 2.24) is 10.2 Å². The van der Waals surface area contributed by atoms with Gasteiger partial charge in [-0.05, 0) is 60.7 Å². The maximum Gasteiger partial charge on any atom is 0.261 e. The molecule has 0 aliphatic rings. The van der Waals surface area contributed by atoms with Gasteiger partial charge in [0, 0.05) is 25.0 Å². The van der Waals surface area contributed by atoms with Gasteiger partial charge in [0.1, 0.15) is 11.8 Å². The van der Waals surface area contributed by atoms with E-state index < -0.39 is 6.04 Å². The number of likely N-dealkylation sites (N-methyl/N-ethyl adjacent to an activating group) is 1. The topological polar surface area (TPSA) is 58.6 Å². The lowest BCUT2D eigenvalue weighted by atomic mass is 10.0. The Hall–Kier alpha value is -3.31. The SMILES string of the molecule is CNC(=O)[C@@H](Cc1ccccc1)N(Cc1ccccc1Cl)C(=O)COc1cc(C)cc(C)c1C. The van der Waals surface area contributed by atoms with Crippen molar-refractivity contribution in [1.29, 1.82) is 0 Å². The Labute approximate surface area is 206 Å². The summed E-state index contributed by atoms with van der Waals surface area (Å²) in [5.74, 6) is 0.137. The number of carbonyl (C=O) groups is 2. The number of ether oxygens (including phenoxy) is 1. The molecule has 0 spiro atoms. The smallest absolute Gasteiger partial charge is 0.261 e. The van der Waals surface area contributed by atoms with Crippen molar-refractivity contribution < 1.29 is 14.3 Å². The minimum absolute atomic E-state index is 0.184. The summed E-state index contributed by atoms with van der Waals surface area (Å²) < 4.78 is 5.97. The van der Waals surface area contributed by atoms with Gasteiger partial charge < -0.3 is 15.0 Å². The summed E-state index contributed by atoms with van der Waals surface area (Å²) in [6, 6.07) is 20.3. The lowest BCUT2D eigenvalue weighted by molar-refractivity contribution is -0.142. The number of halogens is 1. The summed E-state index contributed by atoms with van der Waals surface area (Å²) in [5.41, 5.74) is 4.87. The molecule has 0 fully saturated rings.